The fourth-order valence-electron chi connectivity index (χ4n) is 4.56. The standard InChI is InChI=1S/C27H27N3O3/c1-30-12-5-4-9-21(30)16-28-26(31)19-8-6-7-18(13-19)20-14-22(33-17-20)15-24-23-10-2-3-11-25(23)29-27(24)32/h2-3,6-8,10-11,13-15,17,21H,4-5,9,12,16H2,1H3,(H,28,31)(H,29,32). The van der Waals surface area contributed by atoms with Crippen molar-refractivity contribution < 1.29 is 14.0 Å². The molecule has 0 aliphatic carbocycles. The van der Waals surface area contributed by atoms with Crippen LogP contribution in [0.25, 0.3) is 22.8 Å². The number of hydrogen-bond acceptors (Lipinski definition) is 4. The van der Waals surface area contributed by atoms with Crippen molar-refractivity contribution in [1.82, 2.24) is 10.2 Å². The van der Waals surface area contributed by atoms with Gasteiger partial charge in [-0.3, -0.25) is 9.59 Å². The minimum Gasteiger partial charge on any atom is -0.464 e. The topological polar surface area (TPSA) is 74.6 Å². The van der Waals surface area contributed by atoms with Crippen LogP contribution in [0.1, 0.15) is 40.9 Å². The quantitative estimate of drug-likeness (QED) is 0.565. The number of nitrogens with zero attached hydrogens (tertiary/aromatic N) is 1. The SMILES string of the molecule is CN1CCCCC1CNC(=O)c1cccc(-c2coc(C=C3C(=O)Nc4ccccc43)c2)c1. The Hall–Kier alpha value is -3.64. The van der Waals surface area contributed by atoms with Crippen LogP contribution in [0.2, 0.25) is 0 Å². The molecule has 0 saturated carbocycles. The van der Waals surface area contributed by atoms with Gasteiger partial charge in [-0.1, -0.05) is 36.8 Å². The lowest BCUT2D eigenvalue weighted by Gasteiger charge is -2.32. The predicted molar refractivity (Wildman–Crippen MR) is 130 cm³/mol. The maximum absolute atomic E-state index is 12.8. The molecule has 2 amide bonds. The van der Waals surface area contributed by atoms with Crippen LogP contribution < -0.4 is 10.6 Å². The van der Waals surface area contributed by atoms with Gasteiger partial charge in [0.15, 0.2) is 0 Å². The largest absolute Gasteiger partial charge is 0.464 e. The summed E-state index contributed by atoms with van der Waals surface area (Å²) < 4.78 is 5.72. The first-order chi connectivity index (χ1) is 16.1. The van der Waals surface area contributed by atoms with Gasteiger partial charge in [-0.2, -0.15) is 0 Å². The molecule has 3 aromatic rings. The van der Waals surface area contributed by atoms with E-state index in [0.717, 1.165) is 35.3 Å². The maximum Gasteiger partial charge on any atom is 0.256 e. The number of hydrogen-bond donors (Lipinski definition) is 2. The Labute approximate surface area is 193 Å². The highest BCUT2D eigenvalue weighted by Crippen LogP contribution is 2.33. The second kappa shape index (κ2) is 9.08. The molecule has 1 aromatic heterocycles. The molecule has 2 N–H and O–H groups in total. The van der Waals surface area contributed by atoms with E-state index in [-0.39, 0.29) is 11.8 Å². The summed E-state index contributed by atoms with van der Waals surface area (Å²) in [4.78, 5) is 27.4. The van der Waals surface area contributed by atoms with Gasteiger partial charge >= 0.3 is 0 Å². The summed E-state index contributed by atoms with van der Waals surface area (Å²) in [6.07, 6.45) is 6.96. The number of rotatable bonds is 5. The Balaban J connectivity index is 1.31. The van der Waals surface area contributed by atoms with Crippen molar-refractivity contribution in [1.29, 1.82) is 0 Å². The van der Waals surface area contributed by atoms with E-state index in [1.54, 1.807) is 12.3 Å². The molecule has 0 spiro atoms. The van der Waals surface area contributed by atoms with Crippen LogP contribution in [0.5, 0.6) is 0 Å². The monoisotopic (exact) mass is 441 g/mol. The molecule has 33 heavy (non-hydrogen) atoms. The van der Waals surface area contributed by atoms with Gasteiger partial charge in [0.25, 0.3) is 11.8 Å². The molecule has 3 heterocycles. The van der Waals surface area contributed by atoms with Crippen LogP contribution >= 0.6 is 0 Å². The van der Waals surface area contributed by atoms with Crippen molar-refractivity contribution in [2.75, 3.05) is 25.5 Å². The van der Waals surface area contributed by atoms with Crippen molar-refractivity contribution in [2.45, 2.75) is 25.3 Å². The molecule has 1 fully saturated rings. The number of nitrogens with one attached hydrogen (secondary N) is 2. The number of anilines is 1. The first-order valence-corrected chi connectivity index (χ1v) is 11.4. The van der Waals surface area contributed by atoms with E-state index in [4.69, 9.17) is 4.42 Å². The second-order valence-corrected chi connectivity index (χ2v) is 8.72. The molecule has 5 rings (SSSR count). The number of carbonyl (C=O) groups excluding carboxylic acids is 2. The summed E-state index contributed by atoms with van der Waals surface area (Å²) in [5, 5.41) is 5.96. The average molecular weight is 442 g/mol. The van der Waals surface area contributed by atoms with Gasteiger partial charge in [0.1, 0.15) is 5.76 Å². The van der Waals surface area contributed by atoms with E-state index in [0.29, 0.717) is 29.5 Å². The first-order valence-electron chi connectivity index (χ1n) is 11.4. The third-order valence-corrected chi connectivity index (χ3v) is 6.49. The Morgan fingerprint density at radius 3 is 2.91 bits per heavy atom. The number of carbonyl (C=O) groups is 2. The van der Waals surface area contributed by atoms with Gasteiger partial charge in [-0.15, -0.1) is 0 Å². The summed E-state index contributed by atoms with van der Waals surface area (Å²) in [5.41, 5.74) is 4.61. The molecular formula is C27H27N3O3. The first kappa shape index (κ1) is 21.2. The van der Waals surface area contributed by atoms with Crippen LogP contribution in [-0.4, -0.2) is 42.9 Å². The molecule has 1 unspecified atom stereocenters. The second-order valence-electron chi connectivity index (χ2n) is 8.72. The number of para-hydroxylation sites is 1. The number of piperidine rings is 1. The lowest BCUT2D eigenvalue weighted by molar-refractivity contribution is -0.110. The molecule has 1 saturated heterocycles. The molecule has 6 nitrogen and oxygen atoms in total. The van der Waals surface area contributed by atoms with Crippen LogP contribution in [0.3, 0.4) is 0 Å². The molecule has 6 heteroatoms. The van der Waals surface area contributed by atoms with Gasteiger partial charge in [-0.05, 0) is 62.3 Å². The van der Waals surface area contributed by atoms with Gasteiger partial charge in [-0.25, -0.2) is 0 Å². The third kappa shape index (κ3) is 4.47. The van der Waals surface area contributed by atoms with Crippen LogP contribution in [0.15, 0.2) is 65.3 Å². The highest BCUT2D eigenvalue weighted by molar-refractivity contribution is 6.34. The van der Waals surface area contributed by atoms with Crippen molar-refractivity contribution >= 4 is 29.2 Å². The third-order valence-electron chi connectivity index (χ3n) is 6.49. The highest BCUT2D eigenvalue weighted by atomic mass is 16.3. The smallest absolute Gasteiger partial charge is 0.256 e. The molecule has 2 aliphatic rings. The Bertz CT molecular complexity index is 1230. The van der Waals surface area contributed by atoms with E-state index in [1.807, 2.05) is 54.6 Å². The summed E-state index contributed by atoms with van der Waals surface area (Å²) in [7, 11) is 2.12. The number of benzene rings is 2. The van der Waals surface area contributed by atoms with E-state index in [2.05, 4.69) is 22.6 Å². The Morgan fingerprint density at radius 1 is 1.15 bits per heavy atom. The summed E-state index contributed by atoms with van der Waals surface area (Å²) in [6.45, 7) is 1.74. The number of fused-ring (bicyclic) bond motifs is 1. The molecule has 0 bridgehead atoms. The minimum absolute atomic E-state index is 0.0686. The van der Waals surface area contributed by atoms with Crippen molar-refractivity contribution in [2.24, 2.45) is 0 Å². The summed E-state index contributed by atoms with van der Waals surface area (Å²) in [5.74, 6) is 0.374. The maximum atomic E-state index is 12.8. The molecule has 168 valence electrons. The number of likely N-dealkylation sites (tertiary alicyclic amines) is 1. The lowest BCUT2D eigenvalue weighted by Crippen LogP contribution is -2.44. The fraction of sp³-hybridized carbons (Fsp3) is 0.259. The summed E-state index contributed by atoms with van der Waals surface area (Å²) in [6, 6.07) is 17.4. The zero-order valence-corrected chi connectivity index (χ0v) is 18.6. The van der Waals surface area contributed by atoms with Gasteiger partial charge in [0.2, 0.25) is 0 Å². The van der Waals surface area contributed by atoms with Crippen molar-refractivity contribution in [3.63, 3.8) is 0 Å². The molecule has 2 aliphatic heterocycles. The summed E-state index contributed by atoms with van der Waals surface area (Å²) >= 11 is 0. The van der Waals surface area contributed by atoms with E-state index in [1.165, 1.54) is 12.8 Å². The molecule has 0 radical (unpaired) electrons. The van der Waals surface area contributed by atoms with E-state index < -0.39 is 0 Å². The lowest BCUT2D eigenvalue weighted by atomic mass is 10.0. The highest BCUT2D eigenvalue weighted by Gasteiger charge is 2.24. The number of furan rings is 1. The van der Waals surface area contributed by atoms with Crippen molar-refractivity contribution in [3.05, 3.63) is 77.7 Å². The zero-order chi connectivity index (χ0) is 22.8. The number of amides is 2. The molecular weight excluding hydrogens is 414 g/mol. The van der Waals surface area contributed by atoms with E-state index >= 15 is 0 Å². The van der Waals surface area contributed by atoms with Crippen molar-refractivity contribution in [3.8, 4) is 11.1 Å². The Kier molecular flexibility index (Phi) is 5.84. The molecule has 2 aromatic carbocycles. The van der Waals surface area contributed by atoms with Gasteiger partial charge in [0, 0.05) is 35.0 Å². The van der Waals surface area contributed by atoms with Gasteiger partial charge in [0.05, 0.1) is 11.8 Å². The van der Waals surface area contributed by atoms with Crippen LogP contribution in [0.4, 0.5) is 5.69 Å². The van der Waals surface area contributed by atoms with Crippen LogP contribution in [0, 0.1) is 0 Å². The Morgan fingerprint density at radius 2 is 2.03 bits per heavy atom. The minimum atomic E-state index is -0.142. The zero-order valence-electron chi connectivity index (χ0n) is 18.6. The number of likely N-dealkylation sites (N-methyl/N-ethyl adjacent to an activating group) is 1. The molecule has 1 atom stereocenters. The fourth-order valence-corrected chi connectivity index (χ4v) is 4.56. The average Bonchev–Trinajstić information content (AvgIpc) is 3.43. The predicted octanol–water partition coefficient (Wildman–Crippen LogP) is 4.65. The normalized spacial score (nSPS) is 19.4. The van der Waals surface area contributed by atoms with Gasteiger partial charge < -0.3 is 20.0 Å². The van der Waals surface area contributed by atoms with Crippen LogP contribution in [-0.2, 0) is 4.79 Å². The van der Waals surface area contributed by atoms with E-state index in [9.17, 15) is 9.59 Å².